The molecule has 4 nitrogen and oxygen atoms in total. The van der Waals surface area contributed by atoms with Crippen molar-refractivity contribution in [3.05, 3.63) is 17.7 Å². The summed E-state index contributed by atoms with van der Waals surface area (Å²) in [5.74, 6) is 3.51. The van der Waals surface area contributed by atoms with Crippen LogP contribution in [0.15, 0.2) is 12.1 Å². The zero-order valence-corrected chi connectivity index (χ0v) is 11.9. The topological polar surface area (TPSA) is 39.7 Å². The van der Waals surface area contributed by atoms with E-state index in [0.717, 1.165) is 41.7 Å². The van der Waals surface area contributed by atoms with Crippen LogP contribution in [0.25, 0.3) is 0 Å². The molecule has 1 aliphatic heterocycles. The molecule has 1 N–H and O–H groups in total. The number of rotatable bonds is 7. The van der Waals surface area contributed by atoms with Gasteiger partial charge in [-0.15, -0.1) is 0 Å². The first-order valence-corrected chi connectivity index (χ1v) is 8.04. The summed E-state index contributed by atoms with van der Waals surface area (Å²) in [5.41, 5.74) is 1.15. The Hall–Kier alpha value is -1.07. The predicted molar refractivity (Wildman–Crippen MR) is 76.3 cm³/mol. The molecular weight excluding hydrogens is 262 g/mol. The van der Waals surface area contributed by atoms with Crippen molar-refractivity contribution >= 4 is 11.8 Å². The van der Waals surface area contributed by atoms with Gasteiger partial charge in [0.1, 0.15) is 5.75 Å². The molecule has 1 aliphatic carbocycles. The Labute approximate surface area is 117 Å². The maximum Gasteiger partial charge on any atom is 0.231 e. The van der Waals surface area contributed by atoms with Crippen molar-refractivity contribution in [2.45, 2.75) is 25.4 Å². The lowest BCUT2D eigenvalue weighted by Crippen LogP contribution is -2.16. The van der Waals surface area contributed by atoms with Crippen molar-refractivity contribution in [3.8, 4) is 17.2 Å². The number of fused-ring (bicyclic) bond motifs is 1. The van der Waals surface area contributed by atoms with Crippen molar-refractivity contribution in [2.24, 2.45) is 0 Å². The van der Waals surface area contributed by atoms with Gasteiger partial charge in [0.15, 0.2) is 11.5 Å². The lowest BCUT2D eigenvalue weighted by atomic mass is 10.1. The molecule has 1 heterocycles. The van der Waals surface area contributed by atoms with Crippen LogP contribution in [0.3, 0.4) is 0 Å². The van der Waals surface area contributed by atoms with Crippen LogP contribution in [-0.2, 0) is 6.54 Å². The SMILES string of the molecule is CSCCOc1cc2c(cc1CNC1CC1)OCO2. The van der Waals surface area contributed by atoms with Crippen LogP contribution in [0.1, 0.15) is 18.4 Å². The molecule has 104 valence electrons. The maximum atomic E-state index is 5.86. The normalized spacial score (nSPS) is 16.7. The van der Waals surface area contributed by atoms with E-state index < -0.39 is 0 Å². The van der Waals surface area contributed by atoms with Crippen LogP contribution in [0, 0.1) is 0 Å². The number of ether oxygens (including phenoxy) is 3. The summed E-state index contributed by atoms with van der Waals surface area (Å²) in [7, 11) is 0. The first-order chi connectivity index (χ1) is 9.36. The fourth-order valence-corrected chi connectivity index (χ4v) is 2.26. The van der Waals surface area contributed by atoms with Gasteiger partial charge in [0, 0.05) is 30.0 Å². The summed E-state index contributed by atoms with van der Waals surface area (Å²) in [6.07, 6.45) is 4.65. The minimum absolute atomic E-state index is 0.305. The first-order valence-electron chi connectivity index (χ1n) is 6.64. The van der Waals surface area contributed by atoms with Gasteiger partial charge in [0.05, 0.1) is 6.61 Å². The second-order valence-corrected chi connectivity index (χ2v) is 5.80. The van der Waals surface area contributed by atoms with E-state index in [1.165, 1.54) is 12.8 Å². The van der Waals surface area contributed by atoms with Crippen LogP contribution >= 0.6 is 11.8 Å². The van der Waals surface area contributed by atoms with Gasteiger partial charge in [-0.05, 0) is 25.2 Å². The molecule has 1 saturated carbocycles. The monoisotopic (exact) mass is 281 g/mol. The highest BCUT2D eigenvalue weighted by atomic mass is 32.2. The molecular formula is C14H19NO3S. The standard InChI is InChI=1S/C14H19NO3S/c1-19-5-4-16-12-7-14-13(17-9-18-14)6-10(12)8-15-11-2-3-11/h6-7,11,15H,2-5,8-9H2,1H3. The fraction of sp³-hybridized carbons (Fsp3) is 0.571. The summed E-state index contributed by atoms with van der Waals surface area (Å²) in [6, 6.07) is 4.67. The molecule has 1 aromatic rings. The largest absolute Gasteiger partial charge is 0.492 e. The van der Waals surface area contributed by atoms with Crippen molar-refractivity contribution < 1.29 is 14.2 Å². The number of hydrogen-bond donors (Lipinski definition) is 1. The summed E-state index contributed by atoms with van der Waals surface area (Å²) in [6.45, 7) is 1.85. The first kappa shape index (κ1) is 12.9. The van der Waals surface area contributed by atoms with E-state index >= 15 is 0 Å². The van der Waals surface area contributed by atoms with E-state index in [1.54, 1.807) is 11.8 Å². The molecule has 0 saturated heterocycles. The molecule has 1 aromatic carbocycles. The van der Waals surface area contributed by atoms with Crippen molar-refractivity contribution in [2.75, 3.05) is 25.4 Å². The minimum Gasteiger partial charge on any atom is -0.492 e. The van der Waals surface area contributed by atoms with Gasteiger partial charge in [-0.3, -0.25) is 0 Å². The van der Waals surface area contributed by atoms with Gasteiger partial charge in [-0.25, -0.2) is 0 Å². The second kappa shape index (κ2) is 5.92. The highest BCUT2D eigenvalue weighted by Gasteiger charge is 2.22. The van der Waals surface area contributed by atoms with Gasteiger partial charge in [-0.2, -0.15) is 11.8 Å². The summed E-state index contributed by atoms with van der Waals surface area (Å²) in [5, 5.41) is 3.51. The van der Waals surface area contributed by atoms with Gasteiger partial charge >= 0.3 is 0 Å². The van der Waals surface area contributed by atoms with Crippen molar-refractivity contribution in [3.63, 3.8) is 0 Å². The molecule has 5 heteroatoms. The molecule has 0 amide bonds. The Morgan fingerprint density at radius 3 is 2.84 bits per heavy atom. The third-order valence-electron chi connectivity index (χ3n) is 3.26. The summed E-state index contributed by atoms with van der Waals surface area (Å²) < 4.78 is 16.7. The fourth-order valence-electron chi connectivity index (χ4n) is 2.01. The van der Waals surface area contributed by atoms with Crippen LogP contribution in [0.2, 0.25) is 0 Å². The van der Waals surface area contributed by atoms with E-state index in [1.807, 2.05) is 12.1 Å². The van der Waals surface area contributed by atoms with E-state index in [2.05, 4.69) is 11.6 Å². The van der Waals surface area contributed by atoms with E-state index in [0.29, 0.717) is 12.8 Å². The van der Waals surface area contributed by atoms with Crippen molar-refractivity contribution in [1.82, 2.24) is 5.32 Å². The molecule has 0 radical (unpaired) electrons. The Kier molecular flexibility index (Phi) is 4.03. The minimum atomic E-state index is 0.305. The smallest absolute Gasteiger partial charge is 0.231 e. The van der Waals surface area contributed by atoms with Crippen LogP contribution in [0.4, 0.5) is 0 Å². The lowest BCUT2D eigenvalue weighted by Gasteiger charge is -2.13. The van der Waals surface area contributed by atoms with E-state index in [4.69, 9.17) is 14.2 Å². The van der Waals surface area contributed by atoms with Gasteiger partial charge in [0.25, 0.3) is 0 Å². The Balaban J connectivity index is 1.72. The zero-order chi connectivity index (χ0) is 13.1. The van der Waals surface area contributed by atoms with Gasteiger partial charge < -0.3 is 19.5 Å². The molecule has 1 fully saturated rings. The van der Waals surface area contributed by atoms with E-state index in [-0.39, 0.29) is 0 Å². The van der Waals surface area contributed by atoms with E-state index in [9.17, 15) is 0 Å². The average molecular weight is 281 g/mol. The Bertz CT molecular complexity index is 449. The van der Waals surface area contributed by atoms with Crippen molar-refractivity contribution in [1.29, 1.82) is 0 Å². The second-order valence-electron chi connectivity index (χ2n) is 4.81. The maximum absolute atomic E-state index is 5.86. The Morgan fingerprint density at radius 2 is 2.11 bits per heavy atom. The average Bonchev–Trinajstić information content (AvgIpc) is 3.14. The number of benzene rings is 1. The lowest BCUT2D eigenvalue weighted by molar-refractivity contribution is 0.173. The molecule has 19 heavy (non-hydrogen) atoms. The van der Waals surface area contributed by atoms with Crippen LogP contribution < -0.4 is 19.5 Å². The molecule has 0 spiro atoms. The molecule has 3 rings (SSSR count). The van der Waals surface area contributed by atoms with Gasteiger partial charge in [-0.1, -0.05) is 0 Å². The highest BCUT2D eigenvalue weighted by Crippen LogP contribution is 2.38. The van der Waals surface area contributed by atoms with Gasteiger partial charge in [0.2, 0.25) is 6.79 Å². The zero-order valence-electron chi connectivity index (χ0n) is 11.1. The number of nitrogens with one attached hydrogen (secondary N) is 1. The number of thioether (sulfide) groups is 1. The third-order valence-corrected chi connectivity index (χ3v) is 3.83. The summed E-state index contributed by atoms with van der Waals surface area (Å²) in [4.78, 5) is 0. The molecule has 2 aliphatic rings. The Morgan fingerprint density at radius 1 is 1.32 bits per heavy atom. The quantitative estimate of drug-likeness (QED) is 0.777. The highest BCUT2D eigenvalue weighted by molar-refractivity contribution is 7.98. The van der Waals surface area contributed by atoms with Crippen LogP contribution in [-0.4, -0.2) is 31.5 Å². The summed E-state index contributed by atoms with van der Waals surface area (Å²) >= 11 is 1.78. The molecule has 0 unspecified atom stereocenters. The molecule has 0 aromatic heterocycles. The third kappa shape index (κ3) is 3.28. The van der Waals surface area contributed by atoms with Crippen LogP contribution in [0.5, 0.6) is 17.2 Å². The predicted octanol–water partition coefficient (Wildman–Crippen LogP) is 2.41. The molecule has 0 atom stereocenters. The number of hydrogen-bond acceptors (Lipinski definition) is 5. The molecule has 0 bridgehead atoms.